The number of benzene rings is 1. The Hall–Kier alpha value is -1.48. The molecule has 0 fully saturated rings. The molecule has 0 atom stereocenters. The van der Waals surface area contributed by atoms with Gasteiger partial charge in [0.25, 0.3) is 0 Å². The van der Waals surface area contributed by atoms with Gasteiger partial charge in [-0.05, 0) is 51.6 Å². The van der Waals surface area contributed by atoms with Crippen molar-refractivity contribution in [1.29, 1.82) is 0 Å². The van der Waals surface area contributed by atoms with E-state index < -0.39 is 0 Å². The third kappa shape index (κ3) is 2.47. The molecule has 2 heterocycles. The molecule has 2 aromatic rings. The molecule has 0 aliphatic carbocycles. The molecule has 0 amide bonds. The number of hydrogen-bond donors (Lipinski definition) is 1. The topological polar surface area (TPSA) is 28.3 Å². The van der Waals surface area contributed by atoms with Crippen molar-refractivity contribution in [3.05, 3.63) is 29.5 Å². The Kier molecular flexibility index (Phi) is 2.82. The number of fused-ring (bicyclic) bond motifs is 3. The second-order valence-corrected chi connectivity index (χ2v) is 6.49. The fourth-order valence-electron chi connectivity index (χ4n) is 2.75. The number of likely N-dealkylation sites (N-methyl/N-ethyl adjacent to an activating group) is 1. The molecule has 1 aliphatic heterocycles. The fraction of sp³-hybridized carbons (Fsp3) is 0.500. The third-order valence-electron chi connectivity index (χ3n) is 3.56. The zero-order valence-electron chi connectivity index (χ0n) is 12.2. The fourth-order valence-corrected chi connectivity index (χ4v) is 2.75. The van der Waals surface area contributed by atoms with Crippen LogP contribution in [0.4, 0.5) is 0 Å². The standard InChI is InChI=1S/C16H22N2O/c1-16(2,3)19-11-5-6-14-12(9-11)13-10-18(4)8-7-15(13)17-14/h5-6,9,17H,7-8,10H2,1-4H3. The first kappa shape index (κ1) is 12.5. The summed E-state index contributed by atoms with van der Waals surface area (Å²) in [6.45, 7) is 8.39. The zero-order valence-corrected chi connectivity index (χ0v) is 12.2. The molecular weight excluding hydrogens is 236 g/mol. The van der Waals surface area contributed by atoms with Gasteiger partial charge in [0.05, 0.1) is 0 Å². The number of H-pyrrole nitrogens is 1. The highest BCUT2D eigenvalue weighted by atomic mass is 16.5. The molecule has 0 saturated heterocycles. The van der Waals surface area contributed by atoms with Crippen LogP contribution in [0.25, 0.3) is 10.9 Å². The minimum absolute atomic E-state index is 0.152. The Balaban J connectivity index is 2.04. The molecule has 19 heavy (non-hydrogen) atoms. The Labute approximate surface area is 114 Å². The maximum Gasteiger partial charge on any atom is 0.120 e. The lowest BCUT2D eigenvalue weighted by Crippen LogP contribution is -2.26. The highest BCUT2D eigenvalue weighted by molar-refractivity contribution is 5.86. The molecule has 0 bridgehead atoms. The van der Waals surface area contributed by atoms with Crippen molar-refractivity contribution in [2.75, 3.05) is 13.6 Å². The van der Waals surface area contributed by atoms with Crippen molar-refractivity contribution in [1.82, 2.24) is 9.88 Å². The first-order valence-electron chi connectivity index (χ1n) is 6.93. The van der Waals surface area contributed by atoms with Crippen LogP contribution in [0.1, 0.15) is 32.0 Å². The van der Waals surface area contributed by atoms with Crippen molar-refractivity contribution < 1.29 is 4.74 Å². The van der Waals surface area contributed by atoms with E-state index in [0.717, 1.165) is 25.3 Å². The summed E-state index contributed by atoms with van der Waals surface area (Å²) in [5.41, 5.74) is 3.89. The summed E-state index contributed by atoms with van der Waals surface area (Å²) in [5.74, 6) is 0.954. The van der Waals surface area contributed by atoms with Gasteiger partial charge in [0.2, 0.25) is 0 Å². The van der Waals surface area contributed by atoms with Crippen LogP contribution in [-0.4, -0.2) is 29.1 Å². The molecule has 3 heteroatoms. The van der Waals surface area contributed by atoms with Crippen molar-refractivity contribution in [3.63, 3.8) is 0 Å². The van der Waals surface area contributed by atoms with E-state index in [2.05, 4.69) is 55.9 Å². The van der Waals surface area contributed by atoms with E-state index in [9.17, 15) is 0 Å². The minimum Gasteiger partial charge on any atom is -0.488 e. The van der Waals surface area contributed by atoms with Crippen molar-refractivity contribution in [3.8, 4) is 5.75 Å². The molecule has 0 saturated carbocycles. The van der Waals surface area contributed by atoms with Crippen LogP contribution < -0.4 is 4.74 Å². The second kappa shape index (κ2) is 4.27. The number of aromatic amines is 1. The summed E-state index contributed by atoms with van der Waals surface area (Å²) in [6, 6.07) is 6.36. The first-order valence-corrected chi connectivity index (χ1v) is 6.93. The summed E-state index contributed by atoms with van der Waals surface area (Å²) in [6.07, 6.45) is 1.11. The van der Waals surface area contributed by atoms with Crippen LogP contribution in [0.5, 0.6) is 5.75 Å². The maximum absolute atomic E-state index is 5.97. The van der Waals surface area contributed by atoms with Gasteiger partial charge in [-0.2, -0.15) is 0 Å². The molecule has 3 nitrogen and oxygen atoms in total. The Morgan fingerprint density at radius 2 is 2.05 bits per heavy atom. The molecule has 0 unspecified atom stereocenters. The second-order valence-electron chi connectivity index (χ2n) is 6.49. The van der Waals surface area contributed by atoms with Gasteiger partial charge in [-0.3, -0.25) is 0 Å². The molecule has 1 aliphatic rings. The van der Waals surface area contributed by atoms with E-state index in [-0.39, 0.29) is 5.60 Å². The molecular formula is C16H22N2O. The van der Waals surface area contributed by atoms with Crippen LogP contribution in [0.15, 0.2) is 18.2 Å². The number of ether oxygens (including phenoxy) is 1. The number of nitrogens with zero attached hydrogens (tertiary/aromatic N) is 1. The number of aromatic nitrogens is 1. The predicted molar refractivity (Wildman–Crippen MR) is 78.7 cm³/mol. The smallest absolute Gasteiger partial charge is 0.120 e. The SMILES string of the molecule is CN1CCc2[nH]c3ccc(OC(C)(C)C)cc3c2C1. The van der Waals surface area contributed by atoms with Gasteiger partial charge in [-0.15, -0.1) is 0 Å². The normalized spacial score (nSPS) is 16.6. The molecule has 1 aromatic heterocycles. The van der Waals surface area contributed by atoms with Crippen LogP contribution in [0, 0.1) is 0 Å². The largest absolute Gasteiger partial charge is 0.488 e. The number of rotatable bonds is 1. The Morgan fingerprint density at radius 1 is 1.26 bits per heavy atom. The lowest BCUT2D eigenvalue weighted by atomic mass is 10.0. The zero-order chi connectivity index (χ0) is 13.6. The highest BCUT2D eigenvalue weighted by Crippen LogP contribution is 2.31. The Bertz CT molecular complexity index is 607. The average Bonchev–Trinajstić information content (AvgIpc) is 2.65. The monoisotopic (exact) mass is 258 g/mol. The van der Waals surface area contributed by atoms with E-state index in [1.807, 2.05) is 0 Å². The van der Waals surface area contributed by atoms with Gasteiger partial charge in [0.15, 0.2) is 0 Å². The summed E-state index contributed by atoms with van der Waals surface area (Å²) < 4.78 is 5.97. The van der Waals surface area contributed by atoms with E-state index >= 15 is 0 Å². The van der Waals surface area contributed by atoms with Crippen molar-refractivity contribution >= 4 is 10.9 Å². The van der Waals surface area contributed by atoms with Crippen LogP contribution in [0.2, 0.25) is 0 Å². The summed E-state index contributed by atoms with van der Waals surface area (Å²) in [5, 5.41) is 1.31. The lowest BCUT2D eigenvalue weighted by molar-refractivity contribution is 0.131. The Morgan fingerprint density at radius 3 is 2.79 bits per heavy atom. The van der Waals surface area contributed by atoms with Crippen molar-refractivity contribution in [2.24, 2.45) is 0 Å². The summed E-state index contributed by atoms with van der Waals surface area (Å²) >= 11 is 0. The molecule has 1 aromatic carbocycles. The maximum atomic E-state index is 5.97. The van der Waals surface area contributed by atoms with Gasteiger partial charge in [-0.1, -0.05) is 0 Å². The number of nitrogens with one attached hydrogen (secondary N) is 1. The first-order chi connectivity index (χ1) is 8.92. The lowest BCUT2D eigenvalue weighted by Gasteiger charge is -2.23. The molecule has 0 radical (unpaired) electrons. The van der Waals surface area contributed by atoms with E-state index in [4.69, 9.17) is 4.74 Å². The van der Waals surface area contributed by atoms with Gasteiger partial charge >= 0.3 is 0 Å². The average molecular weight is 258 g/mol. The van der Waals surface area contributed by atoms with E-state index in [1.165, 1.54) is 22.2 Å². The van der Waals surface area contributed by atoms with Gasteiger partial charge < -0.3 is 14.6 Å². The molecule has 0 spiro atoms. The van der Waals surface area contributed by atoms with Crippen molar-refractivity contribution in [2.45, 2.75) is 39.3 Å². The number of hydrogen-bond acceptors (Lipinski definition) is 2. The third-order valence-corrected chi connectivity index (χ3v) is 3.56. The minimum atomic E-state index is -0.152. The molecule has 1 N–H and O–H groups in total. The van der Waals surface area contributed by atoms with E-state index in [1.54, 1.807) is 0 Å². The van der Waals surface area contributed by atoms with Crippen LogP contribution in [0.3, 0.4) is 0 Å². The predicted octanol–water partition coefficient (Wildman–Crippen LogP) is 3.33. The molecule has 102 valence electrons. The van der Waals surface area contributed by atoms with Gasteiger partial charge in [0, 0.05) is 36.1 Å². The quantitative estimate of drug-likeness (QED) is 0.849. The summed E-state index contributed by atoms with van der Waals surface area (Å²) in [7, 11) is 2.18. The van der Waals surface area contributed by atoms with Crippen LogP contribution >= 0.6 is 0 Å². The van der Waals surface area contributed by atoms with E-state index in [0.29, 0.717) is 0 Å². The van der Waals surface area contributed by atoms with Crippen LogP contribution in [-0.2, 0) is 13.0 Å². The van der Waals surface area contributed by atoms with Gasteiger partial charge in [-0.25, -0.2) is 0 Å². The molecule has 3 rings (SSSR count). The highest BCUT2D eigenvalue weighted by Gasteiger charge is 2.19. The summed E-state index contributed by atoms with van der Waals surface area (Å²) in [4.78, 5) is 5.91. The van der Waals surface area contributed by atoms with Gasteiger partial charge in [0.1, 0.15) is 11.4 Å².